The third-order valence-corrected chi connectivity index (χ3v) is 7.37. The number of hydrogen-bond donors (Lipinski definition) is 1. The molecule has 1 aliphatic heterocycles. The summed E-state index contributed by atoms with van der Waals surface area (Å²) in [5.41, 5.74) is 4.41. The number of thiophene rings is 1. The lowest BCUT2D eigenvalue weighted by atomic mass is 9.93. The molecule has 1 aliphatic rings. The molecule has 1 fully saturated rings. The van der Waals surface area contributed by atoms with Gasteiger partial charge in [-0.2, -0.15) is 0 Å². The van der Waals surface area contributed by atoms with Crippen molar-refractivity contribution in [1.82, 2.24) is 4.90 Å². The summed E-state index contributed by atoms with van der Waals surface area (Å²) in [6, 6.07) is 18.0. The number of aryl methyl sites for hydroxylation is 1. The van der Waals surface area contributed by atoms with Gasteiger partial charge in [-0.3, -0.25) is 9.69 Å². The fourth-order valence-corrected chi connectivity index (χ4v) is 5.57. The van der Waals surface area contributed by atoms with E-state index in [0.29, 0.717) is 12.2 Å². The molecule has 2 heterocycles. The first kappa shape index (κ1) is 22.6. The van der Waals surface area contributed by atoms with E-state index in [4.69, 9.17) is 4.74 Å². The molecule has 1 unspecified atom stereocenters. The summed E-state index contributed by atoms with van der Waals surface area (Å²) < 4.78 is 5.68. The summed E-state index contributed by atoms with van der Waals surface area (Å²) >= 11 is 1.68. The second-order valence-electron chi connectivity index (χ2n) is 8.35. The van der Waals surface area contributed by atoms with Crippen LogP contribution in [-0.2, 0) is 0 Å². The monoisotopic (exact) mass is 448 g/mol. The quantitative estimate of drug-likeness (QED) is 0.443. The Hall–Kier alpha value is -2.63. The van der Waals surface area contributed by atoms with Gasteiger partial charge in [0.25, 0.3) is 5.91 Å². The fraction of sp³-hybridized carbons (Fsp3) is 0.370. The van der Waals surface area contributed by atoms with Crippen LogP contribution in [0.5, 0.6) is 5.75 Å². The minimum Gasteiger partial charge on any atom is -0.494 e. The van der Waals surface area contributed by atoms with Crippen molar-refractivity contribution in [2.75, 3.05) is 25.0 Å². The van der Waals surface area contributed by atoms with E-state index < -0.39 is 0 Å². The van der Waals surface area contributed by atoms with Crippen molar-refractivity contribution in [2.45, 2.75) is 46.1 Å². The molecular formula is C27H32N2O2S. The van der Waals surface area contributed by atoms with Crippen LogP contribution in [0, 0.1) is 13.8 Å². The average molecular weight is 449 g/mol. The number of carbonyl (C=O) groups excluding carboxylic acids is 1. The van der Waals surface area contributed by atoms with Gasteiger partial charge in [0.15, 0.2) is 0 Å². The molecule has 1 saturated heterocycles. The second-order valence-corrected chi connectivity index (χ2v) is 9.57. The van der Waals surface area contributed by atoms with E-state index in [1.54, 1.807) is 11.3 Å². The minimum atomic E-state index is -0.0582. The molecule has 1 atom stereocenters. The Morgan fingerprint density at radius 1 is 1.03 bits per heavy atom. The van der Waals surface area contributed by atoms with Gasteiger partial charge in [-0.1, -0.05) is 36.8 Å². The van der Waals surface area contributed by atoms with Crippen molar-refractivity contribution < 1.29 is 9.53 Å². The van der Waals surface area contributed by atoms with E-state index in [1.807, 2.05) is 37.3 Å². The van der Waals surface area contributed by atoms with Crippen LogP contribution in [0.2, 0.25) is 0 Å². The molecule has 4 nitrogen and oxygen atoms in total. The minimum absolute atomic E-state index is 0.0582. The van der Waals surface area contributed by atoms with Gasteiger partial charge in [0, 0.05) is 16.0 Å². The van der Waals surface area contributed by atoms with Crippen LogP contribution in [0.15, 0.2) is 54.6 Å². The molecule has 0 spiro atoms. The van der Waals surface area contributed by atoms with Crippen molar-refractivity contribution in [3.05, 3.63) is 81.7 Å². The molecule has 3 aromatic rings. The van der Waals surface area contributed by atoms with Gasteiger partial charge in [-0.05, 0) is 82.1 Å². The van der Waals surface area contributed by atoms with Gasteiger partial charge in [-0.25, -0.2) is 0 Å². The molecule has 0 bridgehead atoms. The van der Waals surface area contributed by atoms with Gasteiger partial charge in [0.2, 0.25) is 0 Å². The number of nitrogens with zero attached hydrogens (tertiary/aromatic N) is 1. The number of benzene rings is 2. The lowest BCUT2D eigenvalue weighted by Gasteiger charge is -2.36. The predicted molar refractivity (Wildman–Crippen MR) is 133 cm³/mol. The molecule has 1 amide bonds. The van der Waals surface area contributed by atoms with Crippen LogP contribution in [0.1, 0.15) is 64.2 Å². The summed E-state index contributed by atoms with van der Waals surface area (Å²) in [5.74, 6) is 0.835. The molecule has 0 aliphatic carbocycles. The van der Waals surface area contributed by atoms with Gasteiger partial charge in [0.05, 0.1) is 12.6 Å². The highest BCUT2D eigenvalue weighted by Gasteiger charge is 2.30. The molecule has 2 aromatic carbocycles. The second kappa shape index (κ2) is 10.3. The highest BCUT2D eigenvalue weighted by atomic mass is 32.1. The summed E-state index contributed by atoms with van der Waals surface area (Å²) in [4.78, 5) is 16.8. The van der Waals surface area contributed by atoms with Crippen LogP contribution in [0.25, 0.3) is 0 Å². The standard InChI is InChI=1S/C27H32N2O2S/c1-4-31-23-15-13-21(14-16-23)25(29-17-9-6-10-18-29)24-19(2)20(3)32-27(24)28-26(30)22-11-7-5-8-12-22/h5,7-8,11-16,25H,4,6,9-10,17-18H2,1-3H3,(H,28,30). The van der Waals surface area contributed by atoms with Gasteiger partial charge in [0.1, 0.15) is 10.8 Å². The van der Waals surface area contributed by atoms with Crippen molar-refractivity contribution in [3.8, 4) is 5.75 Å². The molecule has 5 heteroatoms. The maximum Gasteiger partial charge on any atom is 0.256 e. The first-order chi connectivity index (χ1) is 15.6. The zero-order valence-electron chi connectivity index (χ0n) is 19.2. The normalized spacial score (nSPS) is 15.3. The number of likely N-dealkylation sites (tertiary alicyclic amines) is 1. The van der Waals surface area contributed by atoms with Crippen molar-refractivity contribution >= 4 is 22.2 Å². The van der Waals surface area contributed by atoms with Crippen LogP contribution in [0.4, 0.5) is 5.00 Å². The number of anilines is 1. The smallest absolute Gasteiger partial charge is 0.256 e. The zero-order valence-corrected chi connectivity index (χ0v) is 20.0. The number of amides is 1. The van der Waals surface area contributed by atoms with Crippen LogP contribution in [-0.4, -0.2) is 30.5 Å². The van der Waals surface area contributed by atoms with E-state index in [0.717, 1.165) is 23.8 Å². The maximum atomic E-state index is 13.0. The SMILES string of the molecule is CCOc1ccc(C(c2c(NC(=O)c3ccccc3)sc(C)c2C)N2CCCCC2)cc1. The van der Waals surface area contributed by atoms with Crippen molar-refractivity contribution in [2.24, 2.45) is 0 Å². The molecule has 4 rings (SSSR count). The Kier molecular flexibility index (Phi) is 7.28. The van der Waals surface area contributed by atoms with Crippen LogP contribution in [0.3, 0.4) is 0 Å². The lowest BCUT2D eigenvalue weighted by Crippen LogP contribution is -2.35. The number of hydrogen-bond acceptors (Lipinski definition) is 4. The van der Waals surface area contributed by atoms with Crippen LogP contribution >= 0.6 is 11.3 Å². The molecule has 32 heavy (non-hydrogen) atoms. The zero-order chi connectivity index (χ0) is 22.5. The molecular weight excluding hydrogens is 416 g/mol. The Bertz CT molecular complexity index is 1040. The Balaban J connectivity index is 1.74. The summed E-state index contributed by atoms with van der Waals surface area (Å²) in [7, 11) is 0. The van der Waals surface area contributed by atoms with E-state index >= 15 is 0 Å². The van der Waals surface area contributed by atoms with Gasteiger partial charge in [-0.15, -0.1) is 11.3 Å². The van der Waals surface area contributed by atoms with Crippen molar-refractivity contribution in [3.63, 3.8) is 0 Å². The van der Waals surface area contributed by atoms with E-state index in [9.17, 15) is 4.79 Å². The average Bonchev–Trinajstić information content (AvgIpc) is 3.09. The number of rotatable bonds is 7. The topological polar surface area (TPSA) is 41.6 Å². The summed E-state index contributed by atoms with van der Waals surface area (Å²) in [6.07, 6.45) is 3.70. The van der Waals surface area contributed by atoms with Gasteiger partial charge >= 0.3 is 0 Å². The molecule has 0 saturated carbocycles. The number of carbonyl (C=O) groups is 1. The molecule has 168 valence electrons. The molecule has 1 N–H and O–H groups in total. The van der Waals surface area contributed by atoms with Crippen molar-refractivity contribution in [1.29, 1.82) is 0 Å². The highest BCUT2D eigenvalue weighted by molar-refractivity contribution is 7.16. The fourth-order valence-electron chi connectivity index (χ4n) is 4.48. The molecule has 0 radical (unpaired) electrons. The summed E-state index contributed by atoms with van der Waals surface area (Å²) in [5, 5.41) is 4.19. The first-order valence-electron chi connectivity index (χ1n) is 11.5. The van der Waals surface area contributed by atoms with Gasteiger partial charge < -0.3 is 10.1 Å². The summed E-state index contributed by atoms with van der Waals surface area (Å²) in [6.45, 7) is 9.13. The Morgan fingerprint density at radius 2 is 1.72 bits per heavy atom. The largest absolute Gasteiger partial charge is 0.494 e. The van der Waals surface area contributed by atoms with E-state index in [2.05, 4.69) is 48.3 Å². The predicted octanol–water partition coefficient (Wildman–Crippen LogP) is 6.59. The molecule has 1 aromatic heterocycles. The highest BCUT2D eigenvalue weighted by Crippen LogP contribution is 2.43. The Labute approximate surface area is 195 Å². The van der Waals surface area contributed by atoms with E-state index in [-0.39, 0.29) is 11.9 Å². The number of ether oxygens (including phenoxy) is 1. The van der Waals surface area contributed by atoms with Crippen LogP contribution < -0.4 is 10.1 Å². The first-order valence-corrected chi connectivity index (χ1v) is 12.3. The Morgan fingerprint density at radius 3 is 2.38 bits per heavy atom. The number of nitrogens with one attached hydrogen (secondary N) is 1. The maximum absolute atomic E-state index is 13.0. The number of piperidine rings is 1. The third-order valence-electron chi connectivity index (χ3n) is 6.23. The third kappa shape index (κ3) is 4.89. The van der Waals surface area contributed by atoms with E-state index in [1.165, 1.54) is 40.8 Å². The lowest BCUT2D eigenvalue weighted by molar-refractivity contribution is 0.102.